The Morgan fingerprint density at radius 2 is 1.91 bits per heavy atom. The molecule has 0 atom stereocenters. The molecule has 0 bridgehead atoms. The minimum Gasteiger partial charge on any atom is -0.465 e. The molecule has 0 unspecified atom stereocenters. The average molecular weight is 313 g/mol. The molecular formula is C16H19N5O2. The first kappa shape index (κ1) is 15.1. The van der Waals surface area contributed by atoms with Crippen molar-refractivity contribution in [1.29, 1.82) is 0 Å². The van der Waals surface area contributed by atoms with Gasteiger partial charge in [0.25, 0.3) is 0 Å². The number of anilines is 4. The second kappa shape index (κ2) is 6.51. The summed E-state index contributed by atoms with van der Waals surface area (Å²) in [6.07, 6.45) is 3.82. The molecule has 0 spiro atoms. The van der Waals surface area contributed by atoms with Gasteiger partial charge in [0.2, 0.25) is 0 Å². The minimum atomic E-state index is -0.366. The van der Waals surface area contributed by atoms with Crippen molar-refractivity contribution in [2.75, 3.05) is 36.1 Å². The molecule has 1 fully saturated rings. The van der Waals surface area contributed by atoms with Crippen LogP contribution in [0.5, 0.6) is 0 Å². The molecule has 0 aliphatic carbocycles. The fraction of sp³-hybridized carbons (Fsp3) is 0.312. The van der Waals surface area contributed by atoms with Crippen LogP contribution in [0.3, 0.4) is 0 Å². The molecule has 2 heterocycles. The molecule has 1 aliphatic heterocycles. The van der Waals surface area contributed by atoms with E-state index >= 15 is 0 Å². The van der Waals surface area contributed by atoms with Crippen molar-refractivity contribution in [3.05, 3.63) is 36.2 Å². The Hall–Kier alpha value is -2.83. The Kier molecular flexibility index (Phi) is 4.27. The van der Waals surface area contributed by atoms with Gasteiger partial charge < -0.3 is 20.7 Å². The summed E-state index contributed by atoms with van der Waals surface area (Å²) < 4.78 is 4.68. The van der Waals surface area contributed by atoms with E-state index in [-0.39, 0.29) is 5.97 Å². The van der Waals surface area contributed by atoms with E-state index in [9.17, 15) is 4.79 Å². The summed E-state index contributed by atoms with van der Waals surface area (Å²) in [6, 6.07) is 6.94. The van der Waals surface area contributed by atoms with E-state index < -0.39 is 0 Å². The summed E-state index contributed by atoms with van der Waals surface area (Å²) >= 11 is 0. The predicted octanol–water partition coefficient (Wildman–Crippen LogP) is 2.19. The van der Waals surface area contributed by atoms with Gasteiger partial charge in [-0.15, -0.1) is 0 Å². The van der Waals surface area contributed by atoms with Gasteiger partial charge in [0, 0.05) is 18.8 Å². The van der Waals surface area contributed by atoms with Crippen molar-refractivity contribution < 1.29 is 9.53 Å². The Morgan fingerprint density at radius 3 is 2.57 bits per heavy atom. The fourth-order valence-electron chi connectivity index (χ4n) is 2.61. The van der Waals surface area contributed by atoms with Crippen LogP contribution in [0, 0.1) is 0 Å². The number of aromatic nitrogens is 2. The molecule has 0 radical (unpaired) electrons. The van der Waals surface area contributed by atoms with Crippen LogP contribution in [0.4, 0.5) is 23.0 Å². The lowest BCUT2D eigenvalue weighted by atomic mass is 10.2. The monoisotopic (exact) mass is 313 g/mol. The molecular weight excluding hydrogens is 294 g/mol. The van der Waals surface area contributed by atoms with E-state index in [1.165, 1.54) is 13.4 Å². The van der Waals surface area contributed by atoms with E-state index in [2.05, 4.69) is 24.9 Å². The van der Waals surface area contributed by atoms with Crippen molar-refractivity contribution in [2.45, 2.75) is 12.8 Å². The summed E-state index contributed by atoms with van der Waals surface area (Å²) in [7, 11) is 1.36. The zero-order valence-corrected chi connectivity index (χ0v) is 13.0. The van der Waals surface area contributed by atoms with Gasteiger partial charge in [0.1, 0.15) is 12.0 Å². The number of rotatable bonds is 4. The van der Waals surface area contributed by atoms with Crippen LogP contribution in [0.1, 0.15) is 23.2 Å². The topological polar surface area (TPSA) is 93.4 Å². The lowest BCUT2D eigenvalue weighted by molar-refractivity contribution is 0.0601. The largest absolute Gasteiger partial charge is 0.465 e. The molecule has 1 aliphatic rings. The molecule has 0 amide bonds. The summed E-state index contributed by atoms with van der Waals surface area (Å²) in [5.41, 5.74) is 8.02. The predicted molar refractivity (Wildman–Crippen MR) is 89.0 cm³/mol. The lowest BCUT2D eigenvalue weighted by Gasteiger charge is -2.19. The molecule has 7 heteroatoms. The van der Waals surface area contributed by atoms with Gasteiger partial charge in [-0.05, 0) is 37.1 Å². The van der Waals surface area contributed by atoms with E-state index in [4.69, 9.17) is 5.73 Å². The first-order valence-corrected chi connectivity index (χ1v) is 7.50. The number of ether oxygens (including phenoxy) is 1. The second-order valence-electron chi connectivity index (χ2n) is 5.35. The third kappa shape index (κ3) is 3.18. The van der Waals surface area contributed by atoms with Gasteiger partial charge in [-0.3, -0.25) is 0 Å². The number of hydrogen-bond donors (Lipinski definition) is 2. The number of nitrogen functional groups attached to an aromatic ring is 1. The van der Waals surface area contributed by atoms with Gasteiger partial charge in [0.05, 0.1) is 12.7 Å². The second-order valence-corrected chi connectivity index (χ2v) is 5.35. The number of nitrogens with zero attached hydrogens (tertiary/aromatic N) is 3. The van der Waals surface area contributed by atoms with Crippen LogP contribution in [-0.2, 0) is 4.74 Å². The molecule has 2 aromatic rings. The van der Waals surface area contributed by atoms with Gasteiger partial charge in [-0.25, -0.2) is 14.8 Å². The molecule has 1 aromatic carbocycles. The average Bonchev–Trinajstić information content (AvgIpc) is 3.11. The Labute approximate surface area is 134 Å². The number of methoxy groups -OCH3 is 1. The van der Waals surface area contributed by atoms with Crippen molar-refractivity contribution in [1.82, 2.24) is 9.97 Å². The lowest BCUT2D eigenvalue weighted by Crippen LogP contribution is -2.21. The molecule has 3 rings (SSSR count). The molecule has 7 nitrogen and oxygen atoms in total. The maximum Gasteiger partial charge on any atom is 0.337 e. The highest BCUT2D eigenvalue weighted by molar-refractivity contribution is 5.90. The molecule has 0 saturated carbocycles. The minimum absolute atomic E-state index is 0.366. The van der Waals surface area contributed by atoms with Crippen molar-refractivity contribution in [3.63, 3.8) is 0 Å². The highest BCUT2D eigenvalue weighted by atomic mass is 16.5. The Morgan fingerprint density at radius 1 is 1.22 bits per heavy atom. The van der Waals surface area contributed by atoms with Gasteiger partial charge in [-0.1, -0.05) is 0 Å². The van der Waals surface area contributed by atoms with Crippen LogP contribution in [0.15, 0.2) is 30.6 Å². The maximum atomic E-state index is 11.4. The summed E-state index contributed by atoms with van der Waals surface area (Å²) in [6.45, 7) is 1.93. The highest BCUT2D eigenvalue weighted by Gasteiger charge is 2.18. The van der Waals surface area contributed by atoms with E-state index in [1.54, 1.807) is 24.3 Å². The number of nitrogens with two attached hydrogens (primary N) is 1. The third-order valence-electron chi connectivity index (χ3n) is 3.84. The van der Waals surface area contributed by atoms with Crippen LogP contribution in [-0.4, -0.2) is 36.1 Å². The van der Waals surface area contributed by atoms with Crippen molar-refractivity contribution in [3.8, 4) is 0 Å². The highest BCUT2D eigenvalue weighted by Crippen LogP contribution is 2.30. The molecule has 120 valence electrons. The quantitative estimate of drug-likeness (QED) is 0.836. The van der Waals surface area contributed by atoms with E-state index in [0.29, 0.717) is 17.1 Å². The van der Waals surface area contributed by atoms with E-state index in [1.807, 2.05) is 0 Å². The van der Waals surface area contributed by atoms with Gasteiger partial charge in [0.15, 0.2) is 11.6 Å². The van der Waals surface area contributed by atoms with Crippen molar-refractivity contribution >= 4 is 29.0 Å². The summed E-state index contributed by atoms with van der Waals surface area (Å²) in [4.78, 5) is 22.1. The number of hydrogen-bond acceptors (Lipinski definition) is 7. The molecule has 1 aromatic heterocycles. The standard InChI is InChI=1S/C16H19N5O2/c1-23-16(22)11-4-6-12(7-5-11)20-14-13(17)15(19-10-18-14)21-8-2-3-9-21/h4-7,10H,2-3,8-9,17H2,1H3,(H,18,19,20). The van der Waals surface area contributed by atoms with Gasteiger partial charge >= 0.3 is 5.97 Å². The molecule has 3 N–H and O–H groups in total. The van der Waals surface area contributed by atoms with Crippen LogP contribution in [0.25, 0.3) is 0 Å². The number of esters is 1. The number of carbonyl (C=O) groups is 1. The Bertz CT molecular complexity index is 696. The van der Waals surface area contributed by atoms with Crippen LogP contribution in [0.2, 0.25) is 0 Å². The smallest absolute Gasteiger partial charge is 0.337 e. The number of nitrogens with one attached hydrogen (secondary N) is 1. The zero-order chi connectivity index (χ0) is 16.2. The van der Waals surface area contributed by atoms with Crippen LogP contribution >= 0.6 is 0 Å². The molecule has 23 heavy (non-hydrogen) atoms. The Balaban J connectivity index is 1.80. The van der Waals surface area contributed by atoms with Crippen LogP contribution < -0.4 is 16.0 Å². The van der Waals surface area contributed by atoms with E-state index in [0.717, 1.165) is 37.4 Å². The fourth-order valence-corrected chi connectivity index (χ4v) is 2.61. The van der Waals surface area contributed by atoms with Crippen molar-refractivity contribution in [2.24, 2.45) is 0 Å². The normalized spacial score (nSPS) is 13.9. The summed E-state index contributed by atoms with van der Waals surface area (Å²) in [5, 5.41) is 3.17. The third-order valence-corrected chi connectivity index (χ3v) is 3.84. The first-order chi connectivity index (χ1) is 11.2. The first-order valence-electron chi connectivity index (χ1n) is 7.50. The zero-order valence-electron chi connectivity index (χ0n) is 13.0. The van der Waals surface area contributed by atoms with Gasteiger partial charge in [-0.2, -0.15) is 0 Å². The molecule has 1 saturated heterocycles. The summed E-state index contributed by atoms with van der Waals surface area (Å²) in [5.74, 6) is 0.966. The number of benzene rings is 1. The SMILES string of the molecule is COC(=O)c1ccc(Nc2ncnc(N3CCCC3)c2N)cc1. The maximum absolute atomic E-state index is 11.4. The number of carbonyl (C=O) groups excluding carboxylic acids is 1.